The third-order valence-electron chi connectivity index (χ3n) is 2.95. The van der Waals surface area contributed by atoms with Gasteiger partial charge in [0.1, 0.15) is 13.2 Å². The highest BCUT2D eigenvalue weighted by Crippen LogP contribution is 2.25. The largest absolute Gasteiger partial charge is 0.479 e. The van der Waals surface area contributed by atoms with Gasteiger partial charge in [0.05, 0.1) is 31.6 Å². The van der Waals surface area contributed by atoms with E-state index in [0.29, 0.717) is 11.0 Å². The number of nitrogens with one attached hydrogen (secondary N) is 1. The lowest BCUT2D eigenvalue weighted by Crippen LogP contribution is -2.40. The number of hydrogen-bond acceptors (Lipinski definition) is 5. The highest BCUT2D eigenvalue weighted by Gasteiger charge is 2.29. The Labute approximate surface area is 133 Å². The molecule has 1 rings (SSSR count). The average Bonchev–Trinajstić information content (AvgIpc) is 2.43. The molecule has 0 saturated heterocycles. The van der Waals surface area contributed by atoms with E-state index >= 15 is 0 Å². The summed E-state index contributed by atoms with van der Waals surface area (Å²) in [6.07, 6.45) is -0.941. The standard InChI is InChI=1S/C14H19N3O6/c1-17(2,3)8-9-23-14(20)15-12(13(18)19)10-6-4-5-7-11(10)16(21)22/h4-7,12H,8-9H2,1-3H3,(H-,15,18,19,20)/p+1. The molecule has 23 heavy (non-hydrogen) atoms. The zero-order valence-electron chi connectivity index (χ0n) is 13.2. The number of aliphatic carboxylic acids is 1. The first-order valence-corrected chi connectivity index (χ1v) is 6.81. The van der Waals surface area contributed by atoms with Gasteiger partial charge < -0.3 is 19.6 Å². The van der Waals surface area contributed by atoms with Crippen LogP contribution in [0.15, 0.2) is 24.3 Å². The number of quaternary nitrogens is 1. The van der Waals surface area contributed by atoms with Gasteiger partial charge in [-0.15, -0.1) is 0 Å². The molecule has 126 valence electrons. The number of carboxylic acid groups (broad SMARTS) is 1. The molecule has 0 spiro atoms. The number of para-hydroxylation sites is 1. The van der Waals surface area contributed by atoms with E-state index in [9.17, 15) is 24.8 Å². The molecular weight excluding hydrogens is 306 g/mol. The fourth-order valence-corrected chi connectivity index (χ4v) is 1.74. The number of ether oxygens (including phenoxy) is 1. The van der Waals surface area contributed by atoms with Crippen LogP contribution in [0.4, 0.5) is 10.5 Å². The van der Waals surface area contributed by atoms with Crippen molar-refractivity contribution in [3.63, 3.8) is 0 Å². The summed E-state index contributed by atoms with van der Waals surface area (Å²) >= 11 is 0. The second-order valence-corrected chi connectivity index (χ2v) is 5.88. The van der Waals surface area contributed by atoms with Gasteiger partial charge in [0, 0.05) is 6.07 Å². The monoisotopic (exact) mass is 326 g/mol. The summed E-state index contributed by atoms with van der Waals surface area (Å²) in [6, 6.07) is 3.77. The van der Waals surface area contributed by atoms with Crippen LogP contribution in [0.25, 0.3) is 0 Å². The van der Waals surface area contributed by atoms with Crippen LogP contribution in [-0.4, -0.2) is 60.9 Å². The fraction of sp³-hybridized carbons (Fsp3) is 0.429. The van der Waals surface area contributed by atoms with E-state index < -0.39 is 23.0 Å². The van der Waals surface area contributed by atoms with Crippen LogP contribution < -0.4 is 5.32 Å². The number of likely N-dealkylation sites (N-methyl/N-ethyl adjacent to an activating group) is 1. The van der Waals surface area contributed by atoms with E-state index in [1.807, 2.05) is 21.1 Å². The Morgan fingerprint density at radius 1 is 1.35 bits per heavy atom. The molecule has 9 nitrogen and oxygen atoms in total. The molecule has 0 aliphatic carbocycles. The number of alkyl carbamates (subject to hydrolysis) is 1. The van der Waals surface area contributed by atoms with E-state index in [1.54, 1.807) is 0 Å². The molecule has 2 N–H and O–H groups in total. The van der Waals surface area contributed by atoms with Gasteiger partial charge in [0.15, 0.2) is 6.04 Å². The van der Waals surface area contributed by atoms with E-state index in [-0.39, 0.29) is 17.9 Å². The van der Waals surface area contributed by atoms with Gasteiger partial charge in [-0.25, -0.2) is 9.59 Å². The number of hydrogen-bond donors (Lipinski definition) is 2. The smallest absolute Gasteiger partial charge is 0.408 e. The van der Waals surface area contributed by atoms with Crippen LogP contribution in [-0.2, 0) is 9.53 Å². The summed E-state index contributed by atoms with van der Waals surface area (Å²) in [5.74, 6) is -1.41. The zero-order valence-corrected chi connectivity index (χ0v) is 13.2. The summed E-state index contributed by atoms with van der Waals surface area (Å²) in [5, 5.41) is 22.4. The van der Waals surface area contributed by atoms with Crippen molar-refractivity contribution < 1.29 is 28.8 Å². The highest BCUT2D eigenvalue weighted by atomic mass is 16.6. The topological polar surface area (TPSA) is 119 Å². The molecule has 0 bridgehead atoms. The van der Waals surface area contributed by atoms with Crippen molar-refractivity contribution in [3.8, 4) is 0 Å². The average molecular weight is 326 g/mol. The number of benzene rings is 1. The molecule has 0 aliphatic heterocycles. The van der Waals surface area contributed by atoms with Gasteiger partial charge in [-0.05, 0) is 6.07 Å². The minimum Gasteiger partial charge on any atom is -0.479 e. The first-order valence-electron chi connectivity index (χ1n) is 6.81. The molecule has 0 aliphatic rings. The molecule has 0 heterocycles. The zero-order chi connectivity index (χ0) is 17.6. The highest BCUT2D eigenvalue weighted by molar-refractivity contribution is 5.82. The van der Waals surface area contributed by atoms with Crippen molar-refractivity contribution in [2.45, 2.75) is 6.04 Å². The van der Waals surface area contributed by atoms with Gasteiger partial charge in [0.25, 0.3) is 5.69 Å². The predicted molar refractivity (Wildman–Crippen MR) is 80.9 cm³/mol. The van der Waals surface area contributed by atoms with Crippen LogP contribution in [0, 0.1) is 10.1 Å². The Bertz CT molecular complexity index is 596. The minimum atomic E-state index is -1.56. The molecule has 1 aromatic rings. The lowest BCUT2D eigenvalue weighted by atomic mass is 10.1. The summed E-state index contributed by atoms with van der Waals surface area (Å²) in [7, 11) is 5.73. The van der Waals surface area contributed by atoms with Gasteiger partial charge >= 0.3 is 12.1 Å². The lowest BCUT2D eigenvalue weighted by Gasteiger charge is -2.23. The van der Waals surface area contributed by atoms with Gasteiger partial charge in [-0.3, -0.25) is 10.1 Å². The Kier molecular flexibility index (Phi) is 6.02. The van der Waals surface area contributed by atoms with Crippen molar-refractivity contribution >= 4 is 17.7 Å². The van der Waals surface area contributed by atoms with Crippen LogP contribution in [0.5, 0.6) is 0 Å². The first-order chi connectivity index (χ1) is 10.6. The molecule has 1 unspecified atom stereocenters. The Balaban J connectivity index is 2.83. The maximum absolute atomic E-state index is 11.7. The minimum absolute atomic E-state index is 0.0958. The summed E-state index contributed by atoms with van der Waals surface area (Å²) in [4.78, 5) is 33.4. The molecule has 1 aromatic carbocycles. The van der Waals surface area contributed by atoms with Crippen LogP contribution >= 0.6 is 0 Å². The molecule has 1 atom stereocenters. The van der Waals surface area contributed by atoms with Crippen LogP contribution in [0.3, 0.4) is 0 Å². The number of nitrogens with zero attached hydrogens (tertiary/aromatic N) is 2. The van der Waals surface area contributed by atoms with Crippen molar-refractivity contribution in [1.82, 2.24) is 5.32 Å². The number of nitro groups is 1. The van der Waals surface area contributed by atoms with Gasteiger partial charge in [0.2, 0.25) is 0 Å². The van der Waals surface area contributed by atoms with Crippen molar-refractivity contribution in [3.05, 3.63) is 39.9 Å². The SMILES string of the molecule is C[N+](C)(C)CCOC(=O)NC(C(=O)O)c1ccccc1[N+](=O)[O-]. The maximum atomic E-state index is 11.7. The maximum Gasteiger partial charge on any atom is 0.408 e. The number of amides is 1. The van der Waals surface area contributed by atoms with E-state index in [2.05, 4.69) is 5.32 Å². The van der Waals surface area contributed by atoms with E-state index in [0.717, 1.165) is 0 Å². The first kappa shape index (κ1) is 18.4. The molecule has 0 radical (unpaired) electrons. The molecule has 9 heteroatoms. The normalized spacial score (nSPS) is 12.3. The predicted octanol–water partition coefficient (Wildman–Crippen LogP) is 1.15. The van der Waals surface area contributed by atoms with E-state index in [4.69, 9.17) is 4.74 Å². The van der Waals surface area contributed by atoms with Gasteiger partial charge in [-0.1, -0.05) is 12.1 Å². The second kappa shape index (κ2) is 7.54. The van der Waals surface area contributed by atoms with Crippen LogP contribution in [0.2, 0.25) is 0 Å². The number of carbonyl (C=O) groups excluding carboxylic acids is 1. The Hall–Kier alpha value is -2.68. The number of nitro benzene ring substituents is 1. The lowest BCUT2D eigenvalue weighted by molar-refractivity contribution is -0.870. The third-order valence-corrected chi connectivity index (χ3v) is 2.95. The van der Waals surface area contributed by atoms with Gasteiger partial charge in [-0.2, -0.15) is 0 Å². The number of carbonyl (C=O) groups is 2. The van der Waals surface area contributed by atoms with Crippen molar-refractivity contribution in [1.29, 1.82) is 0 Å². The van der Waals surface area contributed by atoms with Crippen molar-refractivity contribution in [2.24, 2.45) is 0 Å². The third kappa shape index (κ3) is 5.91. The molecule has 1 amide bonds. The summed E-state index contributed by atoms with van der Waals surface area (Å²) in [5.41, 5.74) is -0.500. The molecule has 0 aromatic heterocycles. The number of carboxylic acids is 1. The summed E-state index contributed by atoms with van der Waals surface area (Å²) in [6.45, 7) is 0.634. The molecular formula is C14H20N3O6+. The van der Waals surface area contributed by atoms with E-state index in [1.165, 1.54) is 24.3 Å². The number of rotatable bonds is 7. The second-order valence-electron chi connectivity index (χ2n) is 5.88. The van der Waals surface area contributed by atoms with Crippen LogP contribution in [0.1, 0.15) is 11.6 Å². The summed E-state index contributed by atoms with van der Waals surface area (Å²) < 4.78 is 5.49. The quantitative estimate of drug-likeness (QED) is 0.441. The Morgan fingerprint density at radius 2 is 1.96 bits per heavy atom. The van der Waals surface area contributed by atoms with Crippen molar-refractivity contribution in [2.75, 3.05) is 34.3 Å². The molecule has 0 saturated carbocycles. The fourth-order valence-electron chi connectivity index (χ4n) is 1.74. The molecule has 0 fully saturated rings. The Morgan fingerprint density at radius 3 is 2.48 bits per heavy atom.